The molecule has 2 rings (SSSR count). The summed E-state index contributed by atoms with van der Waals surface area (Å²) in [5, 5.41) is 3.50. The van der Waals surface area contributed by atoms with Gasteiger partial charge in [-0.25, -0.2) is 4.98 Å². The Morgan fingerprint density at radius 1 is 1.44 bits per heavy atom. The van der Waals surface area contributed by atoms with Gasteiger partial charge in [0.05, 0.1) is 6.04 Å². The van der Waals surface area contributed by atoms with Crippen LogP contribution in [-0.2, 0) is 7.05 Å². The molecule has 2 aromatic rings. The van der Waals surface area contributed by atoms with Gasteiger partial charge in [0, 0.05) is 23.9 Å². The monoisotopic (exact) mass is 307 g/mol. The third-order valence-corrected chi connectivity index (χ3v) is 3.56. The SMILES string of the molecule is CCNC(c1ccc(Br)cc1C)c1nccn1C. The van der Waals surface area contributed by atoms with Crippen molar-refractivity contribution < 1.29 is 0 Å². The Morgan fingerprint density at radius 3 is 2.78 bits per heavy atom. The topological polar surface area (TPSA) is 29.9 Å². The molecule has 0 radical (unpaired) electrons. The van der Waals surface area contributed by atoms with Crippen LogP contribution < -0.4 is 5.32 Å². The first-order valence-corrected chi connectivity index (χ1v) is 6.89. The van der Waals surface area contributed by atoms with Gasteiger partial charge in [0.2, 0.25) is 0 Å². The minimum Gasteiger partial charge on any atom is -0.336 e. The molecular weight excluding hydrogens is 290 g/mol. The van der Waals surface area contributed by atoms with E-state index < -0.39 is 0 Å². The highest BCUT2D eigenvalue weighted by atomic mass is 79.9. The highest BCUT2D eigenvalue weighted by molar-refractivity contribution is 9.10. The smallest absolute Gasteiger partial charge is 0.130 e. The summed E-state index contributed by atoms with van der Waals surface area (Å²) in [5.74, 6) is 1.04. The van der Waals surface area contributed by atoms with Crippen LogP contribution in [0.1, 0.15) is 29.9 Å². The third kappa shape index (κ3) is 2.65. The van der Waals surface area contributed by atoms with Crippen LogP contribution in [0.25, 0.3) is 0 Å². The van der Waals surface area contributed by atoms with Gasteiger partial charge in [0.1, 0.15) is 5.82 Å². The second-order valence-electron chi connectivity index (χ2n) is 4.39. The van der Waals surface area contributed by atoms with E-state index in [-0.39, 0.29) is 6.04 Å². The number of hydrogen-bond donors (Lipinski definition) is 1. The molecule has 0 aliphatic rings. The van der Waals surface area contributed by atoms with Crippen LogP contribution in [0.5, 0.6) is 0 Å². The van der Waals surface area contributed by atoms with Gasteiger partial charge in [-0.3, -0.25) is 0 Å². The van der Waals surface area contributed by atoms with E-state index in [1.165, 1.54) is 11.1 Å². The normalized spacial score (nSPS) is 12.7. The average Bonchev–Trinajstić information content (AvgIpc) is 2.73. The molecule has 1 N–H and O–H groups in total. The Kier molecular flexibility index (Phi) is 4.19. The molecule has 0 aliphatic carbocycles. The highest BCUT2D eigenvalue weighted by Crippen LogP contribution is 2.25. The summed E-state index contributed by atoms with van der Waals surface area (Å²) in [6.45, 7) is 5.16. The lowest BCUT2D eigenvalue weighted by Crippen LogP contribution is -2.25. The second kappa shape index (κ2) is 5.67. The minimum atomic E-state index is 0.142. The molecule has 1 atom stereocenters. The van der Waals surface area contributed by atoms with Crippen LogP contribution in [0.4, 0.5) is 0 Å². The van der Waals surface area contributed by atoms with Crippen molar-refractivity contribution in [2.75, 3.05) is 6.54 Å². The second-order valence-corrected chi connectivity index (χ2v) is 5.30. The summed E-state index contributed by atoms with van der Waals surface area (Å²) in [5.41, 5.74) is 2.53. The van der Waals surface area contributed by atoms with Gasteiger partial charge in [-0.1, -0.05) is 28.9 Å². The van der Waals surface area contributed by atoms with Crippen LogP contribution >= 0.6 is 15.9 Å². The van der Waals surface area contributed by atoms with Crippen molar-refractivity contribution in [2.24, 2.45) is 7.05 Å². The molecule has 3 nitrogen and oxygen atoms in total. The number of nitrogens with one attached hydrogen (secondary N) is 1. The first-order valence-electron chi connectivity index (χ1n) is 6.10. The maximum Gasteiger partial charge on any atom is 0.130 e. The van der Waals surface area contributed by atoms with E-state index in [4.69, 9.17) is 0 Å². The van der Waals surface area contributed by atoms with E-state index in [9.17, 15) is 0 Å². The molecule has 0 fully saturated rings. The van der Waals surface area contributed by atoms with E-state index in [1.807, 2.05) is 19.4 Å². The predicted molar refractivity (Wildman–Crippen MR) is 77.6 cm³/mol. The van der Waals surface area contributed by atoms with Crippen LogP contribution in [0, 0.1) is 6.92 Å². The largest absolute Gasteiger partial charge is 0.336 e. The Morgan fingerprint density at radius 2 is 2.22 bits per heavy atom. The van der Waals surface area contributed by atoms with Crippen LogP contribution in [0.3, 0.4) is 0 Å². The molecule has 96 valence electrons. The molecular formula is C14H18BrN3. The van der Waals surface area contributed by atoms with Gasteiger partial charge in [-0.15, -0.1) is 0 Å². The predicted octanol–water partition coefficient (Wildman–Crippen LogP) is 3.19. The molecule has 18 heavy (non-hydrogen) atoms. The molecule has 0 bridgehead atoms. The number of aromatic nitrogens is 2. The van der Waals surface area contributed by atoms with E-state index in [0.717, 1.165) is 16.8 Å². The van der Waals surface area contributed by atoms with Crippen molar-refractivity contribution in [1.29, 1.82) is 0 Å². The Labute approximate surface area is 116 Å². The van der Waals surface area contributed by atoms with Crippen LogP contribution in [0.2, 0.25) is 0 Å². The number of halogens is 1. The fraction of sp³-hybridized carbons (Fsp3) is 0.357. The molecule has 1 unspecified atom stereocenters. The maximum atomic E-state index is 4.46. The lowest BCUT2D eigenvalue weighted by atomic mass is 10.0. The summed E-state index contributed by atoms with van der Waals surface area (Å²) >= 11 is 3.51. The van der Waals surface area contributed by atoms with E-state index in [1.54, 1.807) is 0 Å². The van der Waals surface area contributed by atoms with Crippen molar-refractivity contribution in [3.05, 3.63) is 52.0 Å². The lowest BCUT2D eigenvalue weighted by molar-refractivity contribution is 0.575. The Hall–Kier alpha value is -1.13. The van der Waals surface area contributed by atoms with Gasteiger partial charge in [-0.2, -0.15) is 0 Å². The lowest BCUT2D eigenvalue weighted by Gasteiger charge is -2.20. The van der Waals surface area contributed by atoms with Crippen molar-refractivity contribution >= 4 is 15.9 Å². The zero-order valence-corrected chi connectivity index (χ0v) is 12.5. The first-order chi connectivity index (χ1) is 8.63. The molecule has 1 heterocycles. The van der Waals surface area contributed by atoms with Crippen LogP contribution in [0.15, 0.2) is 35.1 Å². The molecule has 1 aromatic carbocycles. The molecule has 0 saturated carbocycles. The molecule has 0 saturated heterocycles. The number of rotatable bonds is 4. The van der Waals surface area contributed by atoms with E-state index >= 15 is 0 Å². The summed E-state index contributed by atoms with van der Waals surface area (Å²) in [7, 11) is 2.03. The van der Waals surface area contributed by atoms with Gasteiger partial charge < -0.3 is 9.88 Å². The summed E-state index contributed by atoms with van der Waals surface area (Å²) in [6, 6.07) is 6.52. The molecule has 0 aliphatic heterocycles. The summed E-state index contributed by atoms with van der Waals surface area (Å²) in [6.07, 6.45) is 3.82. The van der Waals surface area contributed by atoms with Crippen molar-refractivity contribution in [3.8, 4) is 0 Å². The van der Waals surface area contributed by atoms with Gasteiger partial charge in [0.25, 0.3) is 0 Å². The van der Waals surface area contributed by atoms with E-state index in [0.29, 0.717) is 0 Å². The number of imidazole rings is 1. The molecule has 0 amide bonds. The number of hydrogen-bond acceptors (Lipinski definition) is 2. The minimum absolute atomic E-state index is 0.142. The van der Waals surface area contributed by atoms with Crippen molar-refractivity contribution in [2.45, 2.75) is 19.9 Å². The number of benzene rings is 1. The quantitative estimate of drug-likeness (QED) is 0.940. The molecule has 0 spiro atoms. The molecule has 4 heteroatoms. The summed E-state index contributed by atoms with van der Waals surface area (Å²) < 4.78 is 3.17. The zero-order valence-electron chi connectivity index (χ0n) is 10.9. The van der Waals surface area contributed by atoms with Crippen LogP contribution in [-0.4, -0.2) is 16.1 Å². The van der Waals surface area contributed by atoms with Crippen molar-refractivity contribution in [3.63, 3.8) is 0 Å². The highest BCUT2D eigenvalue weighted by Gasteiger charge is 2.18. The fourth-order valence-corrected chi connectivity index (χ4v) is 2.64. The molecule has 1 aromatic heterocycles. The van der Waals surface area contributed by atoms with E-state index in [2.05, 4.69) is 62.8 Å². The maximum absolute atomic E-state index is 4.46. The van der Waals surface area contributed by atoms with Gasteiger partial charge in [0.15, 0.2) is 0 Å². The first kappa shape index (κ1) is 13.3. The zero-order chi connectivity index (χ0) is 13.1. The Bertz CT molecular complexity index is 534. The third-order valence-electron chi connectivity index (χ3n) is 3.07. The standard InChI is InChI=1S/C14H18BrN3/c1-4-16-13(14-17-7-8-18(14)3)12-6-5-11(15)9-10(12)2/h5-9,13,16H,4H2,1-3H3. The van der Waals surface area contributed by atoms with Gasteiger partial charge >= 0.3 is 0 Å². The summed E-state index contributed by atoms with van der Waals surface area (Å²) in [4.78, 5) is 4.46. The average molecular weight is 308 g/mol. The number of nitrogens with zero attached hydrogens (tertiary/aromatic N) is 2. The van der Waals surface area contributed by atoms with Gasteiger partial charge in [-0.05, 0) is 36.7 Å². The number of aryl methyl sites for hydroxylation is 2. The fourth-order valence-electron chi connectivity index (χ4n) is 2.16. The van der Waals surface area contributed by atoms with Crippen molar-refractivity contribution in [1.82, 2.24) is 14.9 Å². The Balaban J connectivity index is 2.45.